The summed E-state index contributed by atoms with van der Waals surface area (Å²) < 4.78 is 10.2. The molecule has 0 amide bonds. The van der Waals surface area contributed by atoms with E-state index in [1.807, 2.05) is 0 Å². The van der Waals surface area contributed by atoms with E-state index in [0.29, 0.717) is 22.7 Å². The molecule has 7 heteroatoms. The molecule has 0 aliphatic heterocycles. The standard InChI is InChI=1S/C9H10N4O2S/c1-14-7-3-5(9(10)16)6(12-13-11)4-8(7)15-2/h3-4H,1-2H3,(H2,10,16). The van der Waals surface area contributed by atoms with Crippen molar-refractivity contribution in [2.24, 2.45) is 10.8 Å². The Morgan fingerprint density at radius 3 is 2.38 bits per heavy atom. The van der Waals surface area contributed by atoms with Crippen LogP contribution in [-0.4, -0.2) is 19.2 Å². The van der Waals surface area contributed by atoms with Crippen LogP contribution in [0.15, 0.2) is 17.2 Å². The van der Waals surface area contributed by atoms with Gasteiger partial charge in [-0.2, -0.15) is 0 Å². The Hall–Kier alpha value is -1.98. The molecule has 0 heterocycles. The maximum Gasteiger partial charge on any atom is 0.161 e. The molecule has 6 nitrogen and oxygen atoms in total. The second-order valence-corrected chi connectivity index (χ2v) is 3.22. The largest absolute Gasteiger partial charge is 0.493 e. The zero-order valence-corrected chi connectivity index (χ0v) is 9.61. The number of methoxy groups -OCH3 is 2. The van der Waals surface area contributed by atoms with E-state index < -0.39 is 0 Å². The molecule has 0 radical (unpaired) electrons. The molecular formula is C9H10N4O2S. The van der Waals surface area contributed by atoms with Crippen LogP contribution in [0.2, 0.25) is 0 Å². The highest BCUT2D eigenvalue weighted by Crippen LogP contribution is 2.34. The summed E-state index contributed by atoms with van der Waals surface area (Å²) in [4.78, 5) is 2.82. The fraction of sp³-hybridized carbons (Fsp3) is 0.222. The Labute approximate surface area is 97.6 Å². The summed E-state index contributed by atoms with van der Waals surface area (Å²) in [6.07, 6.45) is 0. The van der Waals surface area contributed by atoms with Crippen molar-refractivity contribution < 1.29 is 9.47 Å². The molecule has 0 saturated carbocycles. The lowest BCUT2D eigenvalue weighted by molar-refractivity contribution is 0.355. The van der Waals surface area contributed by atoms with Crippen molar-refractivity contribution in [2.45, 2.75) is 0 Å². The molecule has 84 valence electrons. The van der Waals surface area contributed by atoms with Crippen molar-refractivity contribution in [3.8, 4) is 11.5 Å². The molecule has 0 saturated heterocycles. The fourth-order valence-corrected chi connectivity index (χ4v) is 1.36. The van der Waals surface area contributed by atoms with Gasteiger partial charge in [-0.3, -0.25) is 0 Å². The summed E-state index contributed by atoms with van der Waals surface area (Å²) in [6.45, 7) is 0. The molecule has 0 aliphatic rings. The second kappa shape index (κ2) is 5.20. The third kappa shape index (κ3) is 2.33. The fourth-order valence-electron chi connectivity index (χ4n) is 1.20. The third-order valence-corrected chi connectivity index (χ3v) is 2.14. The van der Waals surface area contributed by atoms with Crippen LogP contribution in [-0.2, 0) is 0 Å². The molecule has 16 heavy (non-hydrogen) atoms. The van der Waals surface area contributed by atoms with Gasteiger partial charge in [0.2, 0.25) is 0 Å². The molecule has 0 atom stereocenters. The van der Waals surface area contributed by atoms with E-state index >= 15 is 0 Å². The van der Waals surface area contributed by atoms with E-state index in [9.17, 15) is 0 Å². The van der Waals surface area contributed by atoms with Crippen LogP contribution in [0.25, 0.3) is 10.4 Å². The van der Waals surface area contributed by atoms with Crippen molar-refractivity contribution >= 4 is 22.9 Å². The Morgan fingerprint density at radius 2 is 1.94 bits per heavy atom. The van der Waals surface area contributed by atoms with Crippen LogP contribution in [0, 0.1) is 0 Å². The van der Waals surface area contributed by atoms with E-state index in [0.717, 1.165) is 0 Å². The van der Waals surface area contributed by atoms with Crippen LogP contribution >= 0.6 is 12.2 Å². The minimum atomic E-state index is 0.128. The normalized spacial score (nSPS) is 9.12. The first-order valence-corrected chi connectivity index (χ1v) is 4.65. The number of rotatable bonds is 4. The molecule has 0 unspecified atom stereocenters. The molecule has 2 N–H and O–H groups in total. The topological polar surface area (TPSA) is 93.2 Å². The lowest BCUT2D eigenvalue weighted by atomic mass is 10.1. The average molecular weight is 238 g/mol. The molecule has 1 aromatic rings. The Kier molecular flexibility index (Phi) is 3.93. The summed E-state index contributed by atoms with van der Waals surface area (Å²) in [5.74, 6) is 0.923. The first kappa shape index (κ1) is 12.1. The van der Waals surface area contributed by atoms with Gasteiger partial charge in [-0.15, -0.1) is 0 Å². The van der Waals surface area contributed by atoms with Gasteiger partial charge in [-0.05, 0) is 17.7 Å². The van der Waals surface area contributed by atoms with Crippen molar-refractivity contribution in [2.75, 3.05) is 14.2 Å². The third-order valence-electron chi connectivity index (χ3n) is 1.92. The minimum absolute atomic E-state index is 0.128. The average Bonchev–Trinajstić information content (AvgIpc) is 2.28. The molecule has 0 bridgehead atoms. The lowest BCUT2D eigenvalue weighted by Crippen LogP contribution is -2.10. The number of azide groups is 1. The molecular weight excluding hydrogens is 228 g/mol. The van der Waals surface area contributed by atoms with Crippen molar-refractivity contribution in [3.63, 3.8) is 0 Å². The highest BCUT2D eigenvalue weighted by atomic mass is 32.1. The van der Waals surface area contributed by atoms with Gasteiger partial charge in [-0.25, -0.2) is 0 Å². The zero-order chi connectivity index (χ0) is 12.1. The van der Waals surface area contributed by atoms with Gasteiger partial charge < -0.3 is 15.2 Å². The Balaban J connectivity index is 3.46. The number of nitrogens with zero attached hydrogens (tertiary/aromatic N) is 3. The van der Waals surface area contributed by atoms with E-state index in [1.54, 1.807) is 6.07 Å². The van der Waals surface area contributed by atoms with Gasteiger partial charge in [0, 0.05) is 10.5 Å². The number of ether oxygens (including phenoxy) is 2. The molecule has 1 rings (SSSR count). The predicted octanol–water partition coefficient (Wildman–Crippen LogP) is 2.28. The van der Waals surface area contributed by atoms with Gasteiger partial charge >= 0.3 is 0 Å². The van der Waals surface area contributed by atoms with E-state index in [1.165, 1.54) is 20.3 Å². The first-order chi connectivity index (χ1) is 7.63. The molecule has 0 aliphatic carbocycles. The number of hydrogen-bond acceptors (Lipinski definition) is 4. The number of thiocarbonyl (C=S) groups is 1. The van der Waals surface area contributed by atoms with Gasteiger partial charge in [0.05, 0.1) is 19.9 Å². The first-order valence-electron chi connectivity index (χ1n) is 4.25. The molecule has 1 aromatic carbocycles. The predicted molar refractivity (Wildman–Crippen MR) is 64.2 cm³/mol. The SMILES string of the molecule is COc1cc(N=[N+]=[N-])c(C(N)=S)cc1OC. The van der Waals surface area contributed by atoms with Crippen LogP contribution in [0.3, 0.4) is 0 Å². The van der Waals surface area contributed by atoms with Crippen molar-refractivity contribution in [1.29, 1.82) is 0 Å². The van der Waals surface area contributed by atoms with Gasteiger partial charge in [0.25, 0.3) is 0 Å². The Morgan fingerprint density at radius 1 is 1.38 bits per heavy atom. The van der Waals surface area contributed by atoms with Crippen molar-refractivity contribution in [1.82, 2.24) is 0 Å². The van der Waals surface area contributed by atoms with Crippen LogP contribution in [0.1, 0.15) is 5.56 Å². The summed E-state index contributed by atoms with van der Waals surface area (Å²) in [5.41, 5.74) is 14.7. The maximum atomic E-state index is 8.42. The summed E-state index contributed by atoms with van der Waals surface area (Å²) in [6, 6.07) is 3.10. The smallest absolute Gasteiger partial charge is 0.161 e. The van der Waals surface area contributed by atoms with Crippen LogP contribution < -0.4 is 15.2 Å². The van der Waals surface area contributed by atoms with Gasteiger partial charge in [-0.1, -0.05) is 17.3 Å². The summed E-state index contributed by atoms with van der Waals surface area (Å²) in [5, 5.41) is 3.49. The maximum absolute atomic E-state index is 8.42. The summed E-state index contributed by atoms with van der Waals surface area (Å²) >= 11 is 4.85. The van der Waals surface area contributed by atoms with Gasteiger partial charge in [0.15, 0.2) is 11.5 Å². The minimum Gasteiger partial charge on any atom is -0.493 e. The number of benzene rings is 1. The van der Waals surface area contributed by atoms with E-state index in [4.69, 9.17) is 33.0 Å². The number of nitrogens with two attached hydrogens (primary N) is 1. The van der Waals surface area contributed by atoms with Crippen LogP contribution in [0.5, 0.6) is 11.5 Å². The van der Waals surface area contributed by atoms with E-state index in [-0.39, 0.29) is 4.99 Å². The zero-order valence-electron chi connectivity index (χ0n) is 8.80. The Bertz CT molecular complexity index is 440. The summed E-state index contributed by atoms with van der Waals surface area (Å²) in [7, 11) is 2.98. The lowest BCUT2D eigenvalue weighted by Gasteiger charge is -2.11. The molecule has 0 spiro atoms. The van der Waals surface area contributed by atoms with Gasteiger partial charge in [0.1, 0.15) is 4.99 Å². The van der Waals surface area contributed by atoms with Crippen LogP contribution in [0.4, 0.5) is 5.69 Å². The molecule has 0 aromatic heterocycles. The number of hydrogen-bond donors (Lipinski definition) is 1. The second-order valence-electron chi connectivity index (χ2n) is 2.78. The monoisotopic (exact) mass is 238 g/mol. The highest BCUT2D eigenvalue weighted by molar-refractivity contribution is 7.80. The highest BCUT2D eigenvalue weighted by Gasteiger charge is 2.11. The van der Waals surface area contributed by atoms with Crippen molar-refractivity contribution in [3.05, 3.63) is 28.1 Å². The van der Waals surface area contributed by atoms with E-state index in [2.05, 4.69) is 10.0 Å². The molecule has 0 fully saturated rings. The quantitative estimate of drug-likeness (QED) is 0.377.